The molecule has 1 aromatic heterocycles. The van der Waals surface area contributed by atoms with Gasteiger partial charge in [-0.2, -0.15) is 5.10 Å². The van der Waals surface area contributed by atoms with Crippen molar-refractivity contribution in [1.29, 1.82) is 0 Å². The standard InChI is InChI=1S/C13H17BrN4O/c1-3-11(10-6-9(14)4-5-12(10)19)15-7-13-16-8-18(2)17-13/h4-6,8,11,15,19H,3,7H2,1-2H3. The highest BCUT2D eigenvalue weighted by atomic mass is 79.9. The second-order valence-corrected chi connectivity index (χ2v) is 5.30. The molecule has 19 heavy (non-hydrogen) atoms. The number of benzene rings is 1. The number of phenols is 1. The lowest BCUT2D eigenvalue weighted by Crippen LogP contribution is -2.21. The average molecular weight is 325 g/mol. The zero-order valence-corrected chi connectivity index (χ0v) is 12.6. The van der Waals surface area contributed by atoms with Gasteiger partial charge in [-0.15, -0.1) is 0 Å². The van der Waals surface area contributed by atoms with E-state index in [2.05, 4.69) is 38.3 Å². The number of aryl methyl sites for hydroxylation is 1. The number of aromatic hydroxyl groups is 1. The quantitative estimate of drug-likeness (QED) is 0.887. The fourth-order valence-electron chi connectivity index (χ4n) is 1.96. The van der Waals surface area contributed by atoms with Crippen molar-refractivity contribution in [3.8, 4) is 5.75 Å². The van der Waals surface area contributed by atoms with Crippen molar-refractivity contribution in [2.45, 2.75) is 25.9 Å². The van der Waals surface area contributed by atoms with Crippen molar-refractivity contribution in [2.75, 3.05) is 0 Å². The molecule has 0 saturated carbocycles. The van der Waals surface area contributed by atoms with Crippen LogP contribution in [0.1, 0.15) is 30.8 Å². The van der Waals surface area contributed by atoms with Crippen molar-refractivity contribution in [1.82, 2.24) is 20.1 Å². The van der Waals surface area contributed by atoms with Crippen LogP contribution in [0.2, 0.25) is 0 Å². The zero-order chi connectivity index (χ0) is 13.8. The molecule has 0 spiro atoms. The van der Waals surface area contributed by atoms with Crippen LogP contribution in [0.15, 0.2) is 29.0 Å². The minimum atomic E-state index is 0.0707. The smallest absolute Gasteiger partial charge is 0.164 e. The molecular formula is C13H17BrN4O. The maximum Gasteiger partial charge on any atom is 0.164 e. The van der Waals surface area contributed by atoms with Gasteiger partial charge >= 0.3 is 0 Å². The van der Waals surface area contributed by atoms with Gasteiger partial charge in [0, 0.05) is 23.1 Å². The van der Waals surface area contributed by atoms with Crippen LogP contribution in [-0.4, -0.2) is 19.9 Å². The molecule has 2 N–H and O–H groups in total. The largest absolute Gasteiger partial charge is 0.508 e. The van der Waals surface area contributed by atoms with Crippen molar-refractivity contribution in [3.05, 3.63) is 40.4 Å². The van der Waals surface area contributed by atoms with Crippen LogP contribution < -0.4 is 5.32 Å². The van der Waals surface area contributed by atoms with Crippen LogP contribution in [0.3, 0.4) is 0 Å². The highest BCUT2D eigenvalue weighted by Crippen LogP contribution is 2.29. The first-order valence-corrected chi connectivity index (χ1v) is 6.95. The van der Waals surface area contributed by atoms with Gasteiger partial charge in [0.2, 0.25) is 0 Å². The van der Waals surface area contributed by atoms with E-state index in [1.807, 2.05) is 19.2 Å². The second kappa shape index (κ2) is 6.16. The Bertz CT molecular complexity index is 555. The first kappa shape index (κ1) is 14.0. The van der Waals surface area contributed by atoms with Crippen LogP contribution >= 0.6 is 15.9 Å². The summed E-state index contributed by atoms with van der Waals surface area (Å²) in [5, 5.41) is 17.5. The second-order valence-electron chi connectivity index (χ2n) is 4.38. The Kier molecular flexibility index (Phi) is 4.55. The maximum atomic E-state index is 9.94. The first-order chi connectivity index (χ1) is 9.10. The molecule has 0 aliphatic heterocycles. The fraction of sp³-hybridized carbons (Fsp3) is 0.385. The molecule has 1 heterocycles. The summed E-state index contributed by atoms with van der Waals surface area (Å²) in [4.78, 5) is 4.17. The van der Waals surface area contributed by atoms with E-state index in [4.69, 9.17) is 0 Å². The van der Waals surface area contributed by atoms with Crippen molar-refractivity contribution in [2.24, 2.45) is 7.05 Å². The average Bonchev–Trinajstić information content (AvgIpc) is 2.80. The molecule has 0 amide bonds. The van der Waals surface area contributed by atoms with E-state index in [-0.39, 0.29) is 6.04 Å². The highest BCUT2D eigenvalue weighted by Gasteiger charge is 2.14. The Balaban J connectivity index is 2.09. The Hall–Kier alpha value is -1.40. The molecule has 1 aromatic carbocycles. The van der Waals surface area contributed by atoms with Crippen molar-refractivity contribution < 1.29 is 5.11 Å². The number of hydrogen-bond donors (Lipinski definition) is 2. The molecule has 0 aliphatic rings. The van der Waals surface area contributed by atoms with Crippen LogP contribution in [0.25, 0.3) is 0 Å². The summed E-state index contributed by atoms with van der Waals surface area (Å²) in [7, 11) is 1.84. The van der Waals surface area contributed by atoms with Crippen LogP contribution in [-0.2, 0) is 13.6 Å². The number of nitrogens with zero attached hydrogens (tertiary/aromatic N) is 3. The van der Waals surface area contributed by atoms with Gasteiger partial charge in [0.15, 0.2) is 5.82 Å². The van der Waals surface area contributed by atoms with Gasteiger partial charge in [-0.1, -0.05) is 22.9 Å². The monoisotopic (exact) mass is 324 g/mol. The summed E-state index contributed by atoms with van der Waals surface area (Å²) in [6, 6.07) is 5.53. The lowest BCUT2D eigenvalue weighted by atomic mass is 10.0. The normalized spacial score (nSPS) is 12.6. The van der Waals surface area contributed by atoms with E-state index in [1.165, 1.54) is 0 Å². The first-order valence-electron chi connectivity index (χ1n) is 6.16. The summed E-state index contributed by atoms with van der Waals surface area (Å²) in [5.74, 6) is 1.05. The summed E-state index contributed by atoms with van der Waals surface area (Å²) in [6.45, 7) is 2.65. The van der Waals surface area contributed by atoms with E-state index >= 15 is 0 Å². The van der Waals surface area contributed by atoms with E-state index in [0.29, 0.717) is 12.3 Å². The van der Waals surface area contributed by atoms with Crippen LogP contribution in [0, 0.1) is 0 Å². The third-order valence-corrected chi connectivity index (χ3v) is 3.42. The van der Waals surface area contributed by atoms with E-state index in [1.54, 1.807) is 17.1 Å². The molecule has 0 saturated heterocycles. The summed E-state index contributed by atoms with van der Waals surface area (Å²) < 4.78 is 2.63. The molecule has 0 fully saturated rings. The molecule has 2 rings (SSSR count). The third-order valence-electron chi connectivity index (χ3n) is 2.93. The van der Waals surface area contributed by atoms with Crippen LogP contribution in [0.5, 0.6) is 5.75 Å². The Morgan fingerprint density at radius 2 is 2.26 bits per heavy atom. The lowest BCUT2D eigenvalue weighted by Gasteiger charge is -2.18. The number of phenolic OH excluding ortho intramolecular Hbond substituents is 1. The topological polar surface area (TPSA) is 63.0 Å². The molecule has 2 aromatic rings. The Labute approximate surface area is 120 Å². The molecule has 0 aliphatic carbocycles. The van der Waals surface area contributed by atoms with Crippen LogP contribution in [0.4, 0.5) is 0 Å². The number of aromatic nitrogens is 3. The van der Waals surface area contributed by atoms with Gasteiger partial charge in [0.1, 0.15) is 12.1 Å². The summed E-state index contributed by atoms with van der Waals surface area (Å²) in [5.41, 5.74) is 0.882. The summed E-state index contributed by atoms with van der Waals surface area (Å²) >= 11 is 3.43. The number of nitrogens with one attached hydrogen (secondary N) is 1. The molecule has 6 heteroatoms. The van der Waals surface area contributed by atoms with Gasteiger partial charge in [-0.05, 0) is 24.6 Å². The lowest BCUT2D eigenvalue weighted by molar-refractivity contribution is 0.438. The van der Waals surface area contributed by atoms with Gasteiger partial charge < -0.3 is 10.4 Å². The third kappa shape index (κ3) is 3.54. The minimum absolute atomic E-state index is 0.0707. The maximum absolute atomic E-state index is 9.94. The highest BCUT2D eigenvalue weighted by molar-refractivity contribution is 9.10. The molecule has 1 unspecified atom stereocenters. The SMILES string of the molecule is CCC(NCc1ncn(C)n1)c1cc(Br)ccc1O. The van der Waals surface area contributed by atoms with Gasteiger partial charge in [0.25, 0.3) is 0 Å². The van der Waals surface area contributed by atoms with Gasteiger partial charge in [-0.3, -0.25) is 4.68 Å². The van der Waals surface area contributed by atoms with Gasteiger partial charge in [0.05, 0.1) is 6.54 Å². The van der Waals surface area contributed by atoms with Crippen molar-refractivity contribution in [3.63, 3.8) is 0 Å². The summed E-state index contributed by atoms with van der Waals surface area (Å²) in [6.07, 6.45) is 2.55. The molecule has 5 nitrogen and oxygen atoms in total. The minimum Gasteiger partial charge on any atom is -0.508 e. The van der Waals surface area contributed by atoms with Gasteiger partial charge in [-0.25, -0.2) is 4.98 Å². The molecule has 102 valence electrons. The number of hydrogen-bond acceptors (Lipinski definition) is 4. The molecular weight excluding hydrogens is 308 g/mol. The predicted molar refractivity (Wildman–Crippen MR) is 76.7 cm³/mol. The van der Waals surface area contributed by atoms with Crippen molar-refractivity contribution >= 4 is 15.9 Å². The Morgan fingerprint density at radius 1 is 1.47 bits per heavy atom. The Morgan fingerprint density at radius 3 is 2.89 bits per heavy atom. The van der Waals surface area contributed by atoms with E-state index in [9.17, 15) is 5.11 Å². The number of halogens is 1. The van der Waals surface area contributed by atoms with E-state index in [0.717, 1.165) is 22.3 Å². The predicted octanol–water partition coefficient (Wildman–Crippen LogP) is 2.52. The molecule has 0 radical (unpaired) electrons. The molecule has 1 atom stereocenters. The van der Waals surface area contributed by atoms with E-state index < -0.39 is 0 Å². The molecule has 0 bridgehead atoms. The fourth-order valence-corrected chi connectivity index (χ4v) is 2.34. The number of rotatable bonds is 5. The zero-order valence-electron chi connectivity index (χ0n) is 11.0.